The van der Waals surface area contributed by atoms with Crippen LogP contribution in [0, 0.1) is 11.6 Å². The van der Waals surface area contributed by atoms with Crippen LogP contribution in [0.25, 0.3) is 11.3 Å². The predicted octanol–water partition coefficient (Wildman–Crippen LogP) is 5.54. The molecule has 36 heavy (non-hydrogen) atoms. The van der Waals surface area contributed by atoms with Crippen molar-refractivity contribution in [1.82, 2.24) is 9.88 Å². The van der Waals surface area contributed by atoms with E-state index in [0.29, 0.717) is 11.3 Å². The first kappa shape index (κ1) is 25.3. The summed E-state index contributed by atoms with van der Waals surface area (Å²) in [5, 5.41) is 5.55. The number of halogens is 2. The molecule has 0 aliphatic carbocycles. The number of anilines is 1. The van der Waals surface area contributed by atoms with E-state index in [1.165, 1.54) is 36.0 Å². The van der Waals surface area contributed by atoms with Crippen molar-refractivity contribution in [3.8, 4) is 11.3 Å². The second-order valence-corrected chi connectivity index (χ2v) is 9.38. The second-order valence-electron chi connectivity index (χ2n) is 8.23. The molecule has 1 amide bonds. The standard InChI is InChI=1S/C28H25F2N3O2S/c1-18(31-2)27(34)32-25-14-15-26(20-6-8-21(29)9-7-20)33(28(25)35)17-19-4-3-5-24(16-19)36-23-12-10-22(30)11-13-23/h3-16,18,31H,17H2,1-2H3,(H,32,34). The van der Waals surface area contributed by atoms with Gasteiger partial charge in [0.25, 0.3) is 5.56 Å². The lowest BCUT2D eigenvalue weighted by atomic mass is 10.1. The topological polar surface area (TPSA) is 63.1 Å². The Morgan fingerprint density at radius 2 is 1.58 bits per heavy atom. The molecule has 1 heterocycles. The maximum atomic E-state index is 13.5. The molecule has 0 aliphatic rings. The van der Waals surface area contributed by atoms with Crippen molar-refractivity contribution in [3.63, 3.8) is 0 Å². The van der Waals surface area contributed by atoms with Gasteiger partial charge in [-0.15, -0.1) is 0 Å². The van der Waals surface area contributed by atoms with E-state index in [1.807, 2.05) is 24.3 Å². The van der Waals surface area contributed by atoms with Gasteiger partial charge >= 0.3 is 0 Å². The molecule has 0 bridgehead atoms. The van der Waals surface area contributed by atoms with Gasteiger partial charge in [-0.1, -0.05) is 23.9 Å². The third kappa shape index (κ3) is 6.08. The van der Waals surface area contributed by atoms with Gasteiger partial charge in [-0.25, -0.2) is 8.78 Å². The molecule has 1 aromatic heterocycles. The van der Waals surface area contributed by atoms with E-state index in [2.05, 4.69) is 10.6 Å². The zero-order valence-electron chi connectivity index (χ0n) is 19.8. The van der Waals surface area contributed by atoms with Crippen LogP contribution < -0.4 is 16.2 Å². The molecule has 0 saturated carbocycles. The van der Waals surface area contributed by atoms with Crippen LogP contribution in [0.2, 0.25) is 0 Å². The number of rotatable bonds is 8. The lowest BCUT2D eigenvalue weighted by molar-refractivity contribution is -0.117. The minimum atomic E-state index is -0.477. The zero-order valence-corrected chi connectivity index (χ0v) is 20.6. The highest BCUT2D eigenvalue weighted by Gasteiger charge is 2.16. The van der Waals surface area contributed by atoms with Crippen molar-refractivity contribution >= 4 is 23.4 Å². The molecule has 0 aliphatic heterocycles. The van der Waals surface area contributed by atoms with E-state index in [0.717, 1.165) is 15.4 Å². The summed E-state index contributed by atoms with van der Waals surface area (Å²) in [6.45, 7) is 1.93. The summed E-state index contributed by atoms with van der Waals surface area (Å²) in [6, 6.07) is 22.7. The molecule has 0 saturated heterocycles. The molecule has 1 atom stereocenters. The van der Waals surface area contributed by atoms with Crippen molar-refractivity contribution in [1.29, 1.82) is 0 Å². The van der Waals surface area contributed by atoms with Gasteiger partial charge in [0.15, 0.2) is 0 Å². The lowest BCUT2D eigenvalue weighted by Crippen LogP contribution is -2.37. The van der Waals surface area contributed by atoms with Gasteiger partial charge in [0.2, 0.25) is 5.91 Å². The number of nitrogens with one attached hydrogen (secondary N) is 2. The number of benzene rings is 3. The number of nitrogens with zero attached hydrogens (tertiary/aromatic N) is 1. The molecular formula is C28H25F2N3O2S. The van der Waals surface area contributed by atoms with Crippen molar-refractivity contribution in [2.75, 3.05) is 12.4 Å². The molecule has 4 aromatic rings. The summed E-state index contributed by atoms with van der Waals surface area (Å²) < 4.78 is 28.4. The Bertz CT molecular complexity index is 1420. The van der Waals surface area contributed by atoms with Gasteiger partial charge < -0.3 is 15.2 Å². The first-order valence-corrected chi connectivity index (χ1v) is 12.2. The monoisotopic (exact) mass is 505 g/mol. The van der Waals surface area contributed by atoms with Crippen LogP contribution in [0.5, 0.6) is 0 Å². The first-order chi connectivity index (χ1) is 17.3. The molecule has 3 aromatic carbocycles. The maximum absolute atomic E-state index is 13.5. The quantitative estimate of drug-likeness (QED) is 0.330. The fourth-order valence-corrected chi connectivity index (χ4v) is 4.51. The smallest absolute Gasteiger partial charge is 0.275 e. The molecule has 0 radical (unpaired) electrons. The van der Waals surface area contributed by atoms with Crippen LogP contribution >= 0.6 is 11.8 Å². The van der Waals surface area contributed by atoms with Crippen molar-refractivity contribution in [2.24, 2.45) is 0 Å². The van der Waals surface area contributed by atoms with Gasteiger partial charge in [-0.05, 0) is 97.9 Å². The van der Waals surface area contributed by atoms with E-state index in [4.69, 9.17) is 0 Å². The Morgan fingerprint density at radius 3 is 2.25 bits per heavy atom. The van der Waals surface area contributed by atoms with E-state index in [9.17, 15) is 18.4 Å². The fourth-order valence-electron chi connectivity index (χ4n) is 3.60. The van der Waals surface area contributed by atoms with Gasteiger partial charge in [-0.2, -0.15) is 0 Å². The van der Waals surface area contributed by atoms with Crippen LogP contribution in [0.4, 0.5) is 14.5 Å². The Labute approximate surface area is 212 Å². The van der Waals surface area contributed by atoms with Crippen LogP contribution in [0.15, 0.2) is 99.5 Å². The molecule has 0 spiro atoms. The number of carbonyl (C=O) groups excluding carboxylic acids is 1. The number of aromatic nitrogens is 1. The number of hydrogen-bond acceptors (Lipinski definition) is 4. The molecule has 8 heteroatoms. The SMILES string of the molecule is CNC(C)C(=O)Nc1ccc(-c2ccc(F)cc2)n(Cc2cccc(Sc3ccc(F)cc3)c2)c1=O. The zero-order chi connectivity index (χ0) is 25.7. The Morgan fingerprint density at radius 1 is 0.917 bits per heavy atom. The van der Waals surface area contributed by atoms with Crippen molar-refractivity contribution < 1.29 is 13.6 Å². The predicted molar refractivity (Wildman–Crippen MR) is 139 cm³/mol. The van der Waals surface area contributed by atoms with Crippen LogP contribution in [0.3, 0.4) is 0 Å². The van der Waals surface area contributed by atoms with Crippen molar-refractivity contribution in [2.45, 2.75) is 29.3 Å². The van der Waals surface area contributed by atoms with E-state index in [-0.39, 0.29) is 35.3 Å². The van der Waals surface area contributed by atoms with Crippen LogP contribution in [0.1, 0.15) is 12.5 Å². The van der Waals surface area contributed by atoms with E-state index in [1.54, 1.807) is 54.9 Å². The third-order valence-corrected chi connectivity index (χ3v) is 6.68. The van der Waals surface area contributed by atoms with Gasteiger partial charge in [0, 0.05) is 9.79 Å². The lowest BCUT2D eigenvalue weighted by Gasteiger charge is -2.17. The van der Waals surface area contributed by atoms with Crippen LogP contribution in [-0.4, -0.2) is 23.6 Å². The highest BCUT2D eigenvalue weighted by atomic mass is 32.2. The van der Waals surface area contributed by atoms with E-state index < -0.39 is 6.04 Å². The maximum Gasteiger partial charge on any atom is 0.275 e. The van der Waals surface area contributed by atoms with Crippen molar-refractivity contribution in [3.05, 3.63) is 112 Å². The summed E-state index contributed by atoms with van der Waals surface area (Å²) in [5.74, 6) is -0.992. The van der Waals surface area contributed by atoms with Gasteiger partial charge in [0.1, 0.15) is 17.3 Å². The molecule has 184 valence electrons. The first-order valence-electron chi connectivity index (χ1n) is 11.3. The Hall–Kier alpha value is -3.75. The largest absolute Gasteiger partial charge is 0.320 e. The fraction of sp³-hybridized carbons (Fsp3) is 0.143. The second kappa shape index (κ2) is 11.3. The highest BCUT2D eigenvalue weighted by molar-refractivity contribution is 7.99. The number of hydrogen-bond donors (Lipinski definition) is 2. The molecular weight excluding hydrogens is 480 g/mol. The van der Waals surface area contributed by atoms with E-state index >= 15 is 0 Å². The summed E-state index contributed by atoms with van der Waals surface area (Å²) >= 11 is 1.48. The normalized spacial score (nSPS) is 11.8. The minimum Gasteiger partial charge on any atom is -0.320 e. The Balaban J connectivity index is 1.70. The minimum absolute atomic E-state index is 0.157. The molecule has 4 rings (SSSR count). The molecule has 5 nitrogen and oxygen atoms in total. The average molecular weight is 506 g/mol. The number of likely N-dealkylation sites (N-methyl/N-ethyl adjacent to an activating group) is 1. The summed E-state index contributed by atoms with van der Waals surface area (Å²) in [7, 11) is 1.66. The molecule has 0 fully saturated rings. The average Bonchev–Trinajstić information content (AvgIpc) is 2.88. The molecule has 2 N–H and O–H groups in total. The summed E-state index contributed by atoms with van der Waals surface area (Å²) in [5.41, 5.74) is 1.91. The molecule has 1 unspecified atom stereocenters. The number of pyridine rings is 1. The Kier molecular flexibility index (Phi) is 7.97. The van der Waals surface area contributed by atoms with Gasteiger partial charge in [-0.3, -0.25) is 9.59 Å². The number of carbonyl (C=O) groups is 1. The summed E-state index contributed by atoms with van der Waals surface area (Å²) in [6.07, 6.45) is 0. The number of amides is 1. The summed E-state index contributed by atoms with van der Waals surface area (Å²) in [4.78, 5) is 27.7. The third-order valence-electron chi connectivity index (χ3n) is 5.69. The highest BCUT2D eigenvalue weighted by Crippen LogP contribution is 2.29. The van der Waals surface area contributed by atoms with Gasteiger partial charge in [0.05, 0.1) is 18.3 Å². The van der Waals surface area contributed by atoms with Crippen LogP contribution in [-0.2, 0) is 11.3 Å².